The number of ether oxygens (including phenoxy) is 1. The van der Waals surface area contributed by atoms with E-state index < -0.39 is 34.3 Å². The van der Waals surface area contributed by atoms with Gasteiger partial charge in [0.25, 0.3) is 0 Å². The number of hydrogen-bond donors (Lipinski definition) is 1. The first-order valence-electron chi connectivity index (χ1n) is 14.7. The molecule has 4 aromatic rings. The normalized spacial score (nSPS) is 11.9. The number of carbonyl (C=O) groups excluding carboxylic acids is 2. The van der Waals surface area contributed by atoms with Crippen LogP contribution in [0.3, 0.4) is 0 Å². The standard InChI is InChI=1S/C35H38FN3O5S/c1-26(2)23-37-35(41)33(22-27-10-6-4-7-11-27)38(24-28-14-16-29(36)17-15-28)34(40)25-39(45(3,42)43)30-18-20-32(21-19-30)44-31-12-8-5-9-13-31/h4-21,26,33H,22-25H2,1-3H3,(H,37,41)/t33-/m1/s1. The Balaban J connectivity index is 1.67. The largest absolute Gasteiger partial charge is 0.457 e. The lowest BCUT2D eigenvalue weighted by Crippen LogP contribution is -2.53. The summed E-state index contributed by atoms with van der Waals surface area (Å²) in [7, 11) is -3.93. The molecule has 236 valence electrons. The molecule has 0 spiro atoms. The molecule has 10 heteroatoms. The first kappa shape index (κ1) is 33.2. The van der Waals surface area contributed by atoms with Crippen molar-refractivity contribution in [1.82, 2.24) is 10.2 Å². The highest BCUT2D eigenvalue weighted by Gasteiger charge is 2.33. The molecule has 0 radical (unpaired) electrons. The summed E-state index contributed by atoms with van der Waals surface area (Å²) in [5.41, 5.74) is 1.68. The summed E-state index contributed by atoms with van der Waals surface area (Å²) in [6.45, 7) is 3.74. The molecule has 0 unspecified atom stereocenters. The van der Waals surface area contributed by atoms with Crippen molar-refractivity contribution in [2.24, 2.45) is 5.92 Å². The predicted molar refractivity (Wildman–Crippen MR) is 174 cm³/mol. The molecule has 0 aliphatic rings. The van der Waals surface area contributed by atoms with Crippen molar-refractivity contribution in [2.75, 3.05) is 23.7 Å². The molecule has 0 heterocycles. The van der Waals surface area contributed by atoms with Crippen LogP contribution in [0, 0.1) is 11.7 Å². The summed E-state index contributed by atoms with van der Waals surface area (Å²) in [6, 6.07) is 29.5. The zero-order valence-electron chi connectivity index (χ0n) is 25.6. The topological polar surface area (TPSA) is 96.0 Å². The monoisotopic (exact) mass is 631 g/mol. The maximum absolute atomic E-state index is 14.2. The van der Waals surface area contributed by atoms with Crippen LogP contribution in [0.15, 0.2) is 109 Å². The van der Waals surface area contributed by atoms with Crippen molar-refractivity contribution in [3.8, 4) is 11.5 Å². The Morgan fingerprint density at radius 2 is 1.38 bits per heavy atom. The number of nitrogens with zero attached hydrogens (tertiary/aromatic N) is 2. The quantitative estimate of drug-likeness (QED) is 0.190. The Hall–Kier alpha value is -4.70. The first-order valence-corrected chi connectivity index (χ1v) is 16.5. The third kappa shape index (κ3) is 9.90. The number of rotatable bonds is 14. The molecule has 0 fully saturated rings. The summed E-state index contributed by atoms with van der Waals surface area (Å²) in [5.74, 6) is -0.104. The molecule has 0 saturated heterocycles. The number of amides is 2. The molecule has 0 aliphatic heterocycles. The van der Waals surface area contributed by atoms with Crippen molar-refractivity contribution in [2.45, 2.75) is 32.9 Å². The van der Waals surface area contributed by atoms with Gasteiger partial charge < -0.3 is 15.0 Å². The summed E-state index contributed by atoms with van der Waals surface area (Å²) in [6.07, 6.45) is 1.22. The molecular formula is C35H38FN3O5S. The number of nitrogens with one attached hydrogen (secondary N) is 1. The van der Waals surface area contributed by atoms with Gasteiger partial charge in [0.05, 0.1) is 11.9 Å². The van der Waals surface area contributed by atoms with E-state index in [1.807, 2.05) is 62.4 Å². The lowest BCUT2D eigenvalue weighted by molar-refractivity contribution is -0.140. The van der Waals surface area contributed by atoms with E-state index in [2.05, 4.69) is 5.32 Å². The van der Waals surface area contributed by atoms with Gasteiger partial charge in [-0.1, -0.05) is 74.5 Å². The maximum atomic E-state index is 14.2. The number of halogens is 1. The third-order valence-corrected chi connectivity index (χ3v) is 8.15. The Kier molecular flexibility index (Phi) is 11.3. The van der Waals surface area contributed by atoms with Crippen molar-refractivity contribution in [3.05, 3.63) is 126 Å². The van der Waals surface area contributed by atoms with Crippen molar-refractivity contribution in [3.63, 3.8) is 0 Å². The molecule has 0 aliphatic carbocycles. The van der Waals surface area contributed by atoms with Crippen LogP contribution < -0.4 is 14.4 Å². The van der Waals surface area contributed by atoms with Gasteiger partial charge in [0, 0.05) is 19.5 Å². The lowest BCUT2D eigenvalue weighted by atomic mass is 10.0. The molecule has 0 saturated carbocycles. The molecule has 8 nitrogen and oxygen atoms in total. The highest BCUT2D eigenvalue weighted by Crippen LogP contribution is 2.26. The summed E-state index contributed by atoms with van der Waals surface area (Å²) < 4.78 is 46.7. The summed E-state index contributed by atoms with van der Waals surface area (Å²) >= 11 is 0. The van der Waals surface area contributed by atoms with Crippen LogP contribution in [-0.4, -0.2) is 50.5 Å². The summed E-state index contributed by atoms with van der Waals surface area (Å²) in [5, 5.41) is 2.94. The average Bonchev–Trinajstić information content (AvgIpc) is 3.02. The molecule has 4 rings (SSSR count). The van der Waals surface area contributed by atoms with E-state index >= 15 is 0 Å². The van der Waals surface area contributed by atoms with E-state index in [4.69, 9.17) is 4.74 Å². The fourth-order valence-electron chi connectivity index (χ4n) is 4.68. The van der Waals surface area contributed by atoms with Gasteiger partial charge in [0.2, 0.25) is 21.8 Å². The minimum Gasteiger partial charge on any atom is -0.457 e. The van der Waals surface area contributed by atoms with E-state index in [-0.39, 0.29) is 30.5 Å². The van der Waals surface area contributed by atoms with Crippen LogP contribution in [0.1, 0.15) is 25.0 Å². The number of hydrogen-bond acceptors (Lipinski definition) is 5. The SMILES string of the molecule is CC(C)CNC(=O)[C@@H](Cc1ccccc1)N(Cc1ccc(F)cc1)C(=O)CN(c1ccc(Oc2ccccc2)cc1)S(C)(=O)=O. The van der Waals surface area contributed by atoms with Crippen LogP contribution in [0.5, 0.6) is 11.5 Å². The van der Waals surface area contributed by atoms with Crippen LogP contribution in [0.2, 0.25) is 0 Å². The lowest BCUT2D eigenvalue weighted by Gasteiger charge is -2.33. The summed E-state index contributed by atoms with van der Waals surface area (Å²) in [4.78, 5) is 29.2. The van der Waals surface area contributed by atoms with Gasteiger partial charge in [-0.15, -0.1) is 0 Å². The van der Waals surface area contributed by atoms with Gasteiger partial charge in [-0.25, -0.2) is 12.8 Å². The molecule has 2 amide bonds. The molecular weight excluding hydrogens is 593 g/mol. The second-order valence-electron chi connectivity index (χ2n) is 11.2. The Labute approximate surface area is 264 Å². The van der Waals surface area contributed by atoms with E-state index in [0.717, 1.165) is 16.1 Å². The second-order valence-corrected chi connectivity index (χ2v) is 13.1. The average molecular weight is 632 g/mol. The maximum Gasteiger partial charge on any atom is 0.244 e. The molecule has 4 aromatic carbocycles. The molecule has 0 bridgehead atoms. The Bertz CT molecular complexity index is 1650. The van der Waals surface area contributed by atoms with Crippen LogP contribution in [-0.2, 0) is 32.6 Å². The predicted octanol–water partition coefficient (Wildman–Crippen LogP) is 5.80. The van der Waals surface area contributed by atoms with Gasteiger partial charge in [0.1, 0.15) is 29.9 Å². The zero-order chi connectivity index (χ0) is 32.4. The first-order chi connectivity index (χ1) is 21.5. The van der Waals surface area contributed by atoms with Gasteiger partial charge in [-0.05, 0) is 65.6 Å². The van der Waals surface area contributed by atoms with Crippen LogP contribution in [0.4, 0.5) is 10.1 Å². The number of carbonyl (C=O) groups is 2. The van der Waals surface area contributed by atoms with Gasteiger partial charge >= 0.3 is 0 Å². The zero-order valence-corrected chi connectivity index (χ0v) is 26.4. The van der Waals surface area contributed by atoms with E-state index in [1.165, 1.54) is 17.0 Å². The highest BCUT2D eigenvalue weighted by atomic mass is 32.2. The fraction of sp³-hybridized carbons (Fsp3) is 0.257. The van der Waals surface area contributed by atoms with Crippen molar-refractivity contribution >= 4 is 27.5 Å². The van der Waals surface area contributed by atoms with E-state index in [9.17, 15) is 22.4 Å². The number of sulfonamides is 1. The Morgan fingerprint density at radius 1 is 0.800 bits per heavy atom. The molecule has 0 aromatic heterocycles. The smallest absolute Gasteiger partial charge is 0.244 e. The molecule has 1 atom stereocenters. The van der Waals surface area contributed by atoms with Crippen LogP contribution in [0.25, 0.3) is 0 Å². The number of benzene rings is 4. The molecule has 45 heavy (non-hydrogen) atoms. The van der Waals surface area contributed by atoms with E-state index in [0.29, 0.717) is 23.6 Å². The number of para-hydroxylation sites is 1. The van der Waals surface area contributed by atoms with E-state index in [1.54, 1.807) is 48.5 Å². The molecule has 1 N–H and O–H groups in total. The fourth-order valence-corrected chi connectivity index (χ4v) is 5.53. The number of anilines is 1. The van der Waals surface area contributed by atoms with Crippen LogP contribution >= 0.6 is 0 Å². The Morgan fingerprint density at radius 3 is 1.96 bits per heavy atom. The van der Waals surface area contributed by atoms with Gasteiger partial charge in [-0.3, -0.25) is 13.9 Å². The minimum atomic E-state index is -3.93. The third-order valence-electron chi connectivity index (χ3n) is 7.00. The second kappa shape index (κ2) is 15.3. The van der Waals surface area contributed by atoms with Crippen molar-refractivity contribution < 1.29 is 27.1 Å². The minimum absolute atomic E-state index is 0.0346. The van der Waals surface area contributed by atoms with Gasteiger partial charge in [0.15, 0.2) is 0 Å². The highest BCUT2D eigenvalue weighted by molar-refractivity contribution is 7.92. The van der Waals surface area contributed by atoms with Gasteiger partial charge in [-0.2, -0.15) is 0 Å². The van der Waals surface area contributed by atoms with Crippen molar-refractivity contribution in [1.29, 1.82) is 0 Å².